The van der Waals surface area contributed by atoms with Gasteiger partial charge in [-0.2, -0.15) is 0 Å². The Morgan fingerprint density at radius 3 is 2.45 bits per heavy atom. The molecular formula is C21H36O8. The molecular weight excluding hydrogens is 380 g/mol. The highest BCUT2D eigenvalue weighted by Crippen LogP contribution is 2.62. The predicted molar refractivity (Wildman–Crippen MR) is 102 cm³/mol. The summed E-state index contributed by atoms with van der Waals surface area (Å²) < 4.78 is 17.9. The molecule has 2 aliphatic heterocycles. The first-order chi connectivity index (χ1) is 13.5. The van der Waals surface area contributed by atoms with E-state index in [9.17, 15) is 25.5 Å². The van der Waals surface area contributed by atoms with Crippen molar-refractivity contribution in [2.24, 2.45) is 17.3 Å². The summed E-state index contributed by atoms with van der Waals surface area (Å²) in [6, 6.07) is 0. The molecule has 2 saturated carbocycles. The molecule has 0 radical (unpaired) electrons. The van der Waals surface area contributed by atoms with Crippen molar-refractivity contribution in [3.8, 4) is 0 Å². The van der Waals surface area contributed by atoms with Crippen molar-refractivity contribution in [1.29, 1.82) is 0 Å². The average molecular weight is 417 g/mol. The molecule has 168 valence electrons. The van der Waals surface area contributed by atoms with Crippen LogP contribution in [0.2, 0.25) is 0 Å². The molecule has 4 fully saturated rings. The molecule has 0 aromatic rings. The van der Waals surface area contributed by atoms with Gasteiger partial charge in [0.25, 0.3) is 0 Å². The number of aliphatic hydroxyl groups is 5. The van der Waals surface area contributed by atoms with Crippen molar-refractivity contribution in [1.82, 2.24) is 0 Å². The first-order valence-corrected chi connectivity index (χ1v) is 10.8. The molecule has 0 unspecified atom stereocenters. The van der Waals surface area contributed by atoms with Crippen molar-refractivity contribution in [3.63, 3.8) is 0 Å². The molecule has 8 nitrogen and oxygen atoms in total. The van der Waals surface area contributed by atoms with Crippen LogP contribution >= 0.6 is 0 Å². The van der Waals surface area contributed by atoms with Crippen molar-refractivity contribution >= 4 is 0 Å². The molecule has 2 bridgehead atoms. The standard InChI is InChI=1S/C21H36O8/c1-19(2,29-18-17(26)16(25)15(24)12(9-22)28-18)11-4-7-21-10-27-20(3,13(21)8-11)6-5-14(21)23/h11-18,22-26H,4-10H2,1-3H3/t11-,12-,13+,14-,15-,16+,17-,18+,20+,21+/m1/s1. The Bertz CT molecular complexity index is 611. The Balaban J connectivity index is 1.49. The maximum absolute atomic E-state index is 10.8. The van der Waals surface area contributed by atoms with E-state index in [1.54, 1.807) is 0 Å². The summed E-state index contributed by atoms with van der Waals surface area (Å²) >= 11 is 0. The van der Waals surface area contributed by atoms with Crippen LogP contribution in [-0.2, 0) is 14.2 Å². The number of rotatable bonds is 4. The van der Waals surface area contributed by atoms with Crippen LogP contribution in [0.25, 0.3) is 0 Å². The molecule has 29 heavy (non-hydrogen) atoms. The quantitative estimate of drug-likeness (QED) is 0.431. The van der Waals surface area contributed by atoms with Crippen LogP contribution in [0.4, 0.5) is 0 Å². The molecule has 0 aromatic heterocycles. The van der Waals surface area contributed by atoms with Crippen molar-refractivity contribution in [2.75, 3.05) is 13.2 Å². The van der Waals surface area contributed by atoms with Gasteiger partial charge in [-0.3, -0.25) is 0 Å². The van der Waals surface area contributed by atoms with Crippen LogP contribution in [0.3, 0.4) is 0 Å². The summed E-state index contributed by atoms with van der Waals surface area (Å²) in [5.74, 6) is 0.398. The molecule has 0 amide bonds. The van der Waals surface area contributed by atoms with Gasteiger partial charge < -0.3 is 39.7 Å². The lowest BCUT2D eigenvalue weighted by molar-refractivity contribution is -0.330. The fourth-order valence-electron chi connectivity index (χ4n) is 6.33. The van der Waals surface area contributed by atoms with Gasteiger partial charge in [-0.15, -0.1) is 0 Å². The van der Waals surface area contributed by atoms with Crippen molar-refractivity contribution in [3.05, 3.63) is 0 Å². The van der Waals surface area contributed by atoms with Gasteiger partial charge in [-0.1, -0.05) is 0 Å². The maximum Gasteiger partial charge on any atom is 0.187 e. The third kappa shape index (κ3) is 3.36. The van der Waals surface area contributed by atoms with E-state index in [0.29, 0.717) is 6.61 Å². The van der Waals surface area contributed by atoms with Crippen LogP contribution in [0.1, 0.15) is 52.9 Å². The Kier molecular flexibility index (Phi) is 5.57. The van der Waals surface area contributed by atoms with E-state index in [1.807, 2.05) is 13.8 Å². The van der Waals surface area contributed by atoms with Gasteiger partial charge in [-0.05, 0) is 64.7 Å². The normalized spacial score (nSPS) is 53.0. The number of aliphatic hydroxyl groups excluding tert-OH is 5. The zero-order valence-corrected chi connectivity index (χ0v) is 17.5. The second-order valence-corrected chi connectivity index (χ2v) is 10.3. The van der Waals surface area contributed by atoms with E-state index in [2.05, 4.69) is 6.92 Å². The monoisotopic (exact) mass is 416 g/mol. The number of ether oxygens (including phenoxy) is 3. The third-order valence-corrected chi connectivity index (χ3v) is 8.41. The van der Waals surface area contributed by atoms with Crippen LogP contribution in [0.15, 0.2) is 0 Å². The highest BCUT2D eigenvalue weighted by atomic mass is 16.7. The van der Waals surface area contributed by atoms with E-state index in [4.69, 9.17) is 14.2 Å². The molecule has 10 atom stereocenters. The van der Waals surface area contributed by atoms with Crippen molar-refractivity contribution in [2.45, 2.75) is 101 Å². The minimum Gasteiger partial charge on any atom is -0.394 e. The Morgan fingerprint density at radius 2 is 1.76 bits per heavy atom. The first-order valence-electron chi connectivity index (χ1n) is 10.8. The lowest BCUT2D eigenvalue weighted by atomic mass is 9.52. The summed E-state index contributed by atoms with van der Waals surface area (Å²) in [5, 5.41) is 50.5. The zero-order valence-electron chi connectivity index (χ0n) is 17.5. The number of hydrogen-bond donors (Lipinski definition) is 5. The molecule has 0 aromatic carbocycles. The van der Waals surface area contributed by atoms with Crippen molar-refractivity contribution < 1.29 is 39.7 Å². The van der Waals surface area contributed by atoms with Gasteiger partial charge >= 0.3 is 0 Å². The van der Waals surface area contributed by atoms with E-state index < -0.39 is 42.9 Å². The number of hydrogen-bond acceptors (Lipinski definition) is 8. The van der Waals surface area contributed by atoms with Gasteiger partial charge in [0, 0.05) is 5.41 Å². The lowest BCUT2D eigenvalue weighted by Crippen LogP contribution is -2.61. The van der Waals surface area contributed by atoms with Crippen LogP contribution in [0.5, 0.6) is 0 Å². The molecule has 0 spiro atoms. The third-order valence-electron chi connectivity index (χ3n) is 8.41. The van der Waals surface area contributed by atoms with E-state index in [0.717, 1.165) is 32.1 Å². The van der Waals surface area contributed by atoms with Crippen LogP contribution < -0.4 is 0 Å². The molecule has 8 heteroatoms. The molecule has 2 saturated heterocycles. The largest absolute Gasteiger partial charge is 0.394 e. The molecule has 2 aliphatic carbocycles. The van der Waals surface area contributed by atoms with Gasteiger partial charge in [0.2, 0.25) is 0 Å². The lowest BCUT2D eigenvalue weighted by Gasteiger charge is -2.54. The minimum absolute atomic E-state index is 0.152. The Morgan fingerprint density at radius 1 is 1.03 bits per heavy atom. The van der Waals surface area contributed by atoms with Gasteiger partial charge in [-0.25, -0.2) is 0 Å². The minimum atomic E-state index is -1.45. The van der Waals surface area contributed by atoms with Crippen LogP contribution in [-0.4, -0.2) is 86.8 Å². The molecule has 5 N–H and O–H groups in total. The topological polar surface area (TPSA) is 129 Å². The molecule has 2 heterocycles. The fraction of sp³-hybridized carbons (Fsp3) is 1.00. The SMILES string of the molecule is CC(C)(O[C@@H]1O[C@H](CO)[C@@H](O)[C@H](O)[C@H]1O)[C@@H]1CC[C@@]23CO[C@@](C)(CC[C@H]2O)[C@@H]3C1. The van der Waals surface area contributed by atoms with E-state index >= 15 is 0 Å². The second-order valence-electron chi connectivity index (χ2n) is 10.3. The Labute approximate surface area is 171 Å². The molecule has 4 aliphatic rings. The van der Waals surface area contributed by atoms with Gasteiger partial charge in [0.05, 0.1) is 30.5 Å². The summed E-state index contributed by atoms with van der Waals surface area (Å²) in [6.07, 6.45) is -2.52. The first kappa shape index (κ1) is 21.9. The zero-order chi connectivity index (χ0) is 21.2. The van der Waals surface area contributed by atoms with Crippen LogP contribution in [0, 0.1) is 17.3 Å². The summed E-state index contributed by atoms with van der Waals surface area (Å²) in [7, 11) is 0. The van der Waals surface area contributed by atoms with Gasteiger partial charge in [0.15, 0.2) is 6.29 Å². The summed E-state index contributed by atoms with van der Waals surface area (Å²) in [6.45, 7) is 6.17. The highest BCUT2D eigenvalue weighted by molar-refractivity contribution is 5.13. The van der Waals surface area contributed by atoms with E-state index in [-0.39, 0.29) is 29.0 Å². The maximum atomic E-state index is 10.8. The average Bonchev–Trinajstić information content (AvgIpc) is 2.93. The summed E-state index contributed by atoms with van der Waals surface area (Å²) in [4.78, 5) is 0. The van der Waals surface area contributed by atoms with E-state index in [1.165, 1.54) is 0 Å². The van der Waals surface area contributed by atoms with Gasteiger partial charge in [0.1, 0.15) is 24.4 Å². The highest BCUT2D eigenvalue weighted by Gasteiger charge is 2.64. The fourth-order valence-corrected chi connectivity index (χ4v) is 6.33. The molecule has 4 rings (SSSR count). The Hall–Kier alpha value is -0.320. The summed E-state index contributed by atoms with van der Waals surface area (Å²) in [5.41, 5.74) is -1.08. The second kappa shape index (κ2) is 7.38. The smallest absolute Gasteiger partial charge is 0.187 e. The predicted octanol–water partition coefficient (Wildman–Crippen LogP) is -0.0722.